The van der Waals surface area contributed by atoms with E-state index in [9.17, 15) is 5.11 Å². The number of phenols is 1. The zero-order chi connectivity index (χ0) is 17.2. The summed E-state index contributed by atoms with van der Waals surface area (Å²) in [5, 5.41) is 19.5. The Hall–Kier alpha value is -2.08. The SMILES string of the molecule is Oc1ccccc1C1C=C(c2cccs2)NC(c2ccc(Br)cc2)N1. The molecular formula is C20H17BrN2OS. The van der Waals surface area contributed by atoms with E-state index in [0.717, 1.165) is 21.3 Å². The van der Waals surface area contributed by atoms with Gasteiger partial charge in [-0.2, -0.15) is 0 Å². The van der Waals surface area contributed by atoms with E-state index in [1.165, 1.54) is 4.88 Å². The Morgan fingerprint density at radius 1 is 0.960 bits per heavy atom. The number of nitrogens with one attached hydrogen (secondary N) is 2. The Kier molecular flexibility index (Phi) is 4.61. The van der Waals surface area contributed by atoms with Crippen LogP contribution < -0.4 is 10.6 Å². The summed E-state index contributed by atoms with van der Waals surface area (Å²) in [7, 11) is 0. The van der Waals surface area contributed by atoms with Crippen molar-refractivity contribution in [1.29, 1.82) is 0 Å². The second-order valence-corrected chi connectivity index (χ2v) is 7.75. The summed E-state index contributed by atoms with van der Waals surface area (Å²) in [5.74, 6) is 0.304. The van der Waals surface area contributed by atoms with E-state index in [-0.39, 0.29) is 12.2 Å². The lowest BCUT2D eigenvalue weighted by Gasteiger charge is -2.33. The molecule has 0 bridgehead atoms. The van der Waals surface area contributed by atoms with Crippen LogP contribution in [0.15, 0.2) is 76.6 Å². The molecule has 1 aliphatic heterocycles. The van der Waals surface area contributed by atoms with Crippen LogP contribution in [0.1, 0.15) is 28.2 Å². The van der Waals surface area contributed by atoms with Crippen molar-refractivity contribution in [3.63, 3.8) is 0 Å². The zero-order valence-corrected chi connectivity index (χ0v) is 15.7. The zero-order valence-electron chi connectivity index (χ0n) is 13.3. The van der Waals surface area contributed by atoms with Crippen LogP contribution in [0.3, 0.4) is 0 Å². The number of rotatable bonds is 3. The van der Waals surface area contributed by atoms with Crippen LogP contribution in [0.25, 0.3) is 5.70 Å². The summed E-state index contributed by atoms with van der Waals surface area (Å²) in [6.07, 6.45) is 2.09. The van der Waals surface area contributed by atoms with Crippen molar-refractivity contribution in [2.24, 2.45) is 0 Å². The first-order valence-electron chi connectivity index (χ1n) is 8.02. The van der Waals surface area contributed by atoms with Crippen molar-refractivity contribution >= 4 is 33.0 Å². The first-order valence-corrected chi connectivity index (χ1v) is 9.69. The van der Waals surface area contributed by atoms with Crippen LogP contribution in [-0.2, 0) is 0 Å². The Morgan fingerprint density at radius 2 is 1.76 bits per heavy atom. The summed E-state index contributed by atoms with van der Waals surface area (Å²) < 4.78 is 1.05. The third kappa shape index (κ3) is 3.49. The number of para-hydroxylation sites is 1. The molecule has 126 valence electrons. The fourth-order valence-corrected chi connectivity index (χ4v) is 3.97. The van der Waals surface area contributed by atoms with Crippen LogP contribution in [0, 0.1) is 0 Å². The predicted octanol–water partition coefficient (Wildman–Crippen LogP) is 5.19. The number of halogens is 1. The molecule has 0 saturated carbocycles. The van der Waals surface area contributed by atoms with Gasteiger partial charge in [0.25, 0.3) is 0 Å². The molecule has 3 aromatic rings. The van der Waals surface area contributed by atoms with Gasteiger partial charge in [-0.15, -0.1) is 11.3 Å². The molecule has 5 heteroatoms. The van der Waals surface area contributed by atoms with Gasteiger partial charge in [0.05, 0.1) is 11.7 Å². The maximum Gasteiger partial charge on any atom is 0.120 e. The number of aromatic hydroxyl groups is 1. The molecule has 1 aliphatic rings. The maximum absolute atomic E-state index is 10.3. The summed E-state index contributed by atoms with van der Waals surface area (Å²) >= 11 is 5.19. The molecule has 2 atom stereocenters. The summed E-state index contributed by atoms with van der Waals surface area (Å²) in [4.78, 5) is 1.18. The fourth-order valence-electron chi connectivity index (χ4n) is 2.99. The average Bonchev–Trinajstić information content (AvgIpc) is 3.17. The van der Waals surface area contributed by atoms with Crippen molar-refractivity contribution in [2.45, 2.75) is 12.2 Å². The number of hydrogen-bond acceptors (Lipinski definition) is 4. The van der Waals surface area contributed by atoms with Crippen molar-refractivity contribution in [3.05, 3.63) is 92.6 Å². The number of benzene rings is 2. The molecule has 0 fully saturated rings. The summed E-state index contributed by atoms with van der Waals surface area (Å²) in [5.41, 5.74) is 3.10. The molecule has 3 N–H and O–H groups in total. The molecule has 0 aliphatic carbocycles. The highest BCUT2D eigenvalue weighted by Crippen LogP contribution is 2.34. The third-order valence-electron chi connectivity index (χ3n) is 4.24. The second-order valence-electron chi connectivity index (χ2n) is 5.89. The summed E-state index contributed by atoms with van der Waals surface area (Å²) in [6, 6.07) is 19.8. The standard InChI is InChI=1S/C20H17BrN2OS/c21-14-9-7-13(8-10-14)20-22-16(15-4-1-2-5-18(15)24)12-17(23-20)19-6-3-11-25-19/h1-12,16,20,22-24H. The van der Waals surface area contributed by atoms with E-state index in [1.54, 1.807) is 17.4 Å². The molecule has 2 aromatic carbocycles. The maximum atomic E-state index is 10.3. The van der Waals surface area contributed by atoms with Crippen LogP contribution in [-0.4, -0.2) is 5.11 Å². The van der Waals surface area contributed by atoms with Crippen molar-refractivity contribution < 1.29 is 5.11 Å². The number of phenolic OH excluding ortho intramolecular Hbond substituents is 1. The van der Waals surface area contributed by atoms with Crippen LogP contribution in [0.4, 0.5) is 0 Å². The molecule has 0 radical (unpaired) electrons. The Bertz CT molecular complexity index is 890. The van der Waals surface area contributed by atoms with Gasteiger partial charge in [0.1, 0.15) is 11.9 Å². The van der Waals surface area contributed by atoms with E-state index in [0.29, 0.717) is 5.75 Å². The second kappa shape index (κ2) is 7.04. The lowest BCUT2D eigenvalue weighted by molar-refractivity contribution is 0.419. The average molecular weight is 413 g/mol. The van der Waals surface area contributed by atoms with Crippen molar-refractivity contribution in [1.82, 2.24) is 10.6 Å². The Labute approximate surface area is 159 Å². The molecule has 1 aromatic heterocycles. The topological polar surface area (TPSA) is 44.3 Å². The quantitative estimate of drug-likeness (QED) is 0.554. The molecule has 4 rings (SSSR count). The molecule has 0 saturated heterocycles. The smallest absolute Gasteiger partial charge is 0.120 e. The monoisotopic (exact) mass is 412 g/mol. The Balaban J connectivity index is 1.74. The van der Waals surface area contributed by atoms with E-state index in [4.69, 9.17) is 0 Å². The van der Waals surface area contributed by atoms with Gasteiger partial charge in [-0.1, -0.05) is 52.3 Å². The van der Waals surface area contributed by atoms with Crippen LogP contribution in [0.5, 0.6) is 5.75 Å². The lowest BCUT2D eigenvalue weighted by atomic mass is 10.00. The number of thiophene rings is 1. The Morgan fingerprint density at radius 3 is 2.48 bits per heavy atom. The van der Waals surface area contributed by atoms with E-state index in [2.05, 4.69) is 56.2 Å². The van der Waals surface area contributed by atoms with E-state index >= 15 is 0 Å². The minimum absolute atomic E-state index is 0.0418. The lowest BCUT2D eigenvalue weighted by Crippen LogP contribution is -2.39. The van der Waals surface area contributed by atoms with Gasteiger partial charge in [0, 0.05) is 14.9 Å². The van der Waals surface area contributed by atoms with Gasteiger partial charge in [-0.05, 0) is 41.3 Å². The molecule has 3 nitrogen and oxygen atoms in total. The highest BCUT2D eigenvalue weighted by molar-refractivity contribution is 9.10. The van der Waals surface area contributed by atoms with Gasteiger partial charge in [-0.25, -0.2) is 0 Å². The number of hydrogen-bond donors (Lipinski definition) is 3. The largest absolute Gasteiger partial charge is 0.508 e. The van der Waals surface area contributed by atoms with Crippen LogP contribution in [0.2, 0.25) is 0 Å². The van der Waals surface area contributed by atoms with Crippen molar-refractivity contribution in [2.75, 3.05) is 0 Å². The van der Waals surface area contributed by atoms with Gasteiger partial charge in [0.15, 0.2) is 0 Å². The fraction of sp³-hybridized carbons (Fsp3) is 0.100. The van der Waals surface area contributed by atoms with E-state index in [1.807, 2.05) is 36.4 Å². The molecule has 2 unspecified atom stereocenters. The highest BCUT2D eigenvalue weighted by Gasteiger charge is 2.25. The first kappa shape index (κ1) is 16.4. The normalized spacial score (nSPS) is 20.0. The van der Waals surface area contributed by atoms with Crippen LogP contribution >= 0.6 is 27.3 Å². The molecule has 0 spiro atoms. The predicted molar refractivity (Wildman–Crippen MR) is 106 cm³/mol. The summed E-state index contributed by atoms with van der Waals surface area (Å²) in [6.45, 7) is 0. The van der Waals surface area contributed by atoms with Crippen molar-refractivity contribution in [3.8, 4) is 5.75 Å². The molecule has 25 heavy (non-hydrogen) atoms. The van der Waals surface area contributed by atoms with Gasteiger partial charge >= 0.3 is 0 Å². The minimum atomic E-state index is -0.0757. The molecule has 0 amide bonds. The minimum Gasteiger partial charge on any atom is -0.508 e. The van der Waals surface area contributed by atoms with Gasteiger partial charge < -0.3 is 10.4 Å². The van der Waals surface area contributed by atoms with E-state index < -0.39 is 0 Å². The van der Waals surface area contributed by atoms with Gasteiger partial charge in [-0.3, -0.25) is 5.32 Å². The molecule has 2 heterocycles. The van der Waals surface area contributed by atoms with Gasteiger partial charge in [0.2, 0.25) is 0 Å². The first-order chi connectivity index (χ1) is 12.2. The molecular weight excluding hydrogens is 396 g/mol. The third-order valence-corrected chi connectivity index (χ3v) is 5.67. The highest BCUT2D eigenvalue weighted by atomic mass is 79.9.